The number of rotatable bonds is 3. The normalized spacial score (nSPS) is 10.8. The Balaban J connectivity index is 1.60. The summed E-state index contributed by atoms with van der Waals surface area (Å²) in [6, 6.07) is 13.1. The molecular weight excluding hydrogens is 292 g/mol. The molecule has 0 bridgehead atoms. The van der Waals surface area contributed by atoms with E-state index in [0.29, 0.717) is 17.0 Å². The summed E-state index contributed by atoms with van der Waals surface area (Å²) in [6.45, 7) is 0. The van der Waals surface area contributed by atoms with Crippen LogP contribution >= 0.6 is 0 Å². The van der Waals surface area contributed by atoms with Crippen molar-refractivity contribution in [1.29, 1.82) is 0 Å². The molecule has 3 aromatic heterocycles. The highest BCUT2D eigenvalue weighted by molar-refractivity contribution is 6.03. The lowest BCUT2D eigenvalue weighted by atomic mass is 10.3. The van der Waals surface area contributed by atoms with Crippen molar-refractivity contribution in [2.45, 2.75) is 0 Å². The lowest BCUT2D eigenvalue weighted by Gasteiger charge is -2.05. The van der Waals surface area contributed by atoms with Crippen LogP contribution < -0.4 is 5.32 Å². The minimum Gasteiger partial charge on any atom is -0.306 e. The van der Waals surface area contributed by atoms with Gasteiger partial charge >= 0.3 is 0 Å². The molecule has 0 saturated heterocycles. The van der Waals surface area contributed by atoms with Gasteiger partial charge in [-0.25, -0.2) is 9.67 Å². The number of aromatic nitrogens is 5. The molecule has 0 saturated carbocycles. The minimum absolute atomic E-state index is 0.254. The molecule has 1 N–H and O–H groups in total. The van der Waals surface area contributed by atoms with Gasteiger partial charge in [-0.3, -0.25) is 4.79 Å². The standard InChI is InChI=1S/C16H12N6O/c23-16(20-15-6-8-17-14-7-9-18-22(14)15)12-10-19-21(11-12)13-4-2-1-3-5-13/h1-11H,(H,20,23). The fourth-order valence-corrected chi connectivity index (χ4v) is 2.28. The van der Waals surface area contributed by atoms with E-state index in [0.717, 1.165) is 5.69 Å². The number of anilines is 1. The quantitative estimate of drug-likeness (QED) is 0.629. The van der Waals surface area contributed by atoms with Gasteiger partial charge in [-0.1, -0.05) is 18.2 Å². The van der Waals surface area contributed by atoms with Gasteiger partial charge < -0.3 is 5.32 Å². The molecule has 0 radical (unpaired) electrons. The Morgan fingerprint density at radius 2 is 1.87 bits per heavy atom. The first-order valence-electron chi connectivity index (χ1n) is 7.01. The molecule has 4 aromatic rings. The Morgan fingerprint density at radius 3 is 2.74 bits per heavy atom. The SMILES string of the molecule is O=C(Nc1ccnc2ccnn12)c1cnn(-c2ccccc2)c1. The van der Waals surface area contributed by atoms with Crippen molar-refractivity contribution in [3.63, 3.8) is 0 Å². The van der Waals surface area contributed by atoms with E-state index in [4.69, 9.17) is 0 Å². The first-order valence-corrected chi connectivity index (χ1v) is 7.01. The predicted molar refractivity (Wildman–Crippen MR) is 84.5 cm³/mol. The highest BCUT2D eigenvalue weighted by atomic mass is 16.1. The van der Waals surface area contributed by atoms with E-state index < -0.39 is 0 Å². The second-order valence-electron chi connectivity index (χ2n) is 4.89. The van der Waals surface area contributed by atoms with Crippen molar-refractivity contribution in [3.8, 4) is 5.69 Å². The number of hydrogen-bond acceptors (Lipinski definition) is 4. The first kappa shape index (κ1) is 13.2. The zero-order valence-electron chi connectivity index (χ0n) is 12.0. The number of carbonyl (C=O) groups excluding carboxylic acids is 1. The summed E-state index contributed by atoms with van der Waals surface area (Å²) in [5.41, 5.74) is 2.03. The van der Waals surface area contributed by atoms with E-state index in [2.05, 4.69) is 20.5 Å². The van der Waals surface area contributed by atoms with Gasteiger partial charge in [-0.15, -0.1) is 0 Å². The maximum atomic E-state index is 12.4. The van der Waals surface area contributed by atoms with Gasteiger partial charge in [0.05, 0.1) is 23.6 Å². The fraction of sp³-hybridized carbons (Fsp3) is 0. The minimum atomic E-state index is -0.254. The summed E-state index contributed by atoms with van der Waals surface area (Å²) in [6.07, 6.45) is 6.47. The molecule has 7 heteroatoms. The van der Waals surface area contributed by atoms with Crippen molar-refractivity contribution in [1.82, 2.24) is 24.4 Å². The van der Waals surface area contributed by atoms with E-state index in [-0.39, 0.29) is 5.91 Å². The summed E-state index contributed by atoms with van der Waals surface area (Å²) >= 11 is 0. The third-order valence-corrected chi connectivity index (χ3v) is 3.40. The zero-order chi connectivity index (χ0) is 15.6. The number of amides is 1. The van der Waals surface area contributed by atoms with Crippen LogP contribution in [-0.2, 0) is 0 Å². The maximum Gasteiger partial charge on any atom is 0.260 e. The molecule has 0 spiro atoms. The molecule has 23 heavy (non-hydrogen) atoms. The fourth-order valence-electron chi connectivity index (χ4n) is 2.28. The van der Waals surface area contributed by atoms with Crippen LogP contribution in [0, 0.1) is 0 Å². The molecule has 0 unspecified atom stereocenters. The van der Waals surface area contributed by atoms with Gasteiger partial charge in [0.2, 0.25) is 0 Å². The summed E-state index contributed by atoms with van der Waals surface area (Å²) < 4.78 is 3.23. The Labute approximate surface area is 131 Å². The second-order valence-corrected chi connectivity index (χ2v) is 4.89. The zero-order valence-corrected chi connectivity index (χ0v) is 12.0. The van der Waals surface area contributed by atoms with Crippen molar-refractivity contribution < 1.29 is 4.79 Å². The van der Waals surface area contributed by atoms with Crippen LogP contribution in [0.25, 0.3) is 11.3 Å². The van der Waals surface area contributed by atoms with Gasteiger partial charge in [0, 0.05) is 18.5 Å². The van der Waals surface area contributed by atoms with E-state index in [1.807, 2.05) is 30.3 Å². The lowest BCUT2D eigenvalue weighted by Crippen LogP contribution is -2.14. The van der Waals surface area contributed by atoms with E-state index in [1.165, 1.54) is 6.20 Å². The topological polar surface area (TPSA) is 77.1 Å². The molecule has 1 aromatic carbocycles. The van der Waals surface area contributed by atoms with E-state index in [9.17, 15) is 4.79 Å². The molecule has 4 rings (SSSR count). The highest BCUT2D eigenvalue weighted by Crippen LogP contribution is 2.12. The second kappa shape index (κ2) is 5.38. The number of nitrogens with one attached hydrogen (secondary N) is 1. The summed E-state index contributed by atoms with van der Waals surface area (Å²) in [7, 11) is 0. The molecule has 0 aliphatic carbocycles. The van der Waals surface area contributed by atoms with Crippen molar-refractivity contribution in [2.75, 3.05) is 5.32 Å². The van der Waals surface area contributed by atoms with E-state index >= 15 is 0 Å². The Hall–Kier alpha value is -3.48. The van der Waals surface area contributed by atoms with Crippen LogP contribution in [0.4, 0.5) is 5.82 Å². The van der Waals surface area contributed by atoms with Crippen molar-refractivity contribution in [3.05, 3.63) is 72.8 Å². The van der Waals surface area contributed by atoms with E-state index in [1.54, 1.807) is 39.9 Å². The number of benzene rings is 1. The van der Waals surface area contributed by atoms with Crippen LogP contribution in [0.1, 0.15) is 10.4 Å². The van der Waals surface area contributed by atoms with Crippen LogP contribution in [0.15, 0.2) is 67.3 Å². The predicted octanol–water partition coefficient (Wildman–Crippen LogP) is 2.17. The molecule has 3 heterocycles. The maximum absolute atomic E-state index is 12.4. The van der Waals surface area contributed by atoms with Crippen LogP contribution in [0.3, 0.4) is 0 Å². The molecule has 0 atom stereocenters. The van der Waals surface area contributed by atoms with Crippen LogP contribution in [0.2, 0.25) is 0 Å². The molecular formula is C16H12N6O. The molecule has 0 fully saturated rings. The van der Waals surface area contributed by atoms with Gasteiger partial charge in [0.25, 0.3) is 5.91 Å². The molecule has 112 valence electrons. The lowest BCUT2D eigenvalue weighted by molar-refractivity contribution is 0.102. The Bertz CT molecular complexity index is 972. The number of para-hydroxylation sites is 1. The first-order chi connectivity index (χ1) is 11.3. The van der Waals surface area contributed by atoms with Crippen molar-refractivity contribution >= 4 is 17.4 Å². The molecule has 7 nitrogen and oxygen atoms in total. The van der Waals surface area contributed by atoms with Gasteiger partial charge in [-0.2, -0.15) is 14.7 Å². The largest absolute Gasteiger partial charge is 0.306 e. The Kier molecular flexibility index (Phi) is 3.09. The average molecular weight is 304 g/mol. The van der Waals surface area contributed by atoms with Crippen LogP contribution in [0.5, 0.6) is 0 Å². The van der Waals surface area contributed by atoms with Gasteiger partial charge in [-0.05, 0) is 18.2 Å². The average Bonchev–Trinajstić information content (AvgIpc) is 3.25. The molecule has 0 aliphatic rings. The smallest absolute Gasteiger partial charge is 0.260 e. The summed E-state index contributed by atoms with van der Waals surface area (Å²) in [5, 5.41) is 11.2. The van der Waals surface area contributed by atoms with Gasteiger partial charge in [0.15, 0.2) is 5.65 Å². The van der Waals surface area contributed by atoms with Gasteiger partial charge in [0.1, 0.15) is 5.82 Å². The number of carbonyl (C=O) groups is 1. The molecule has 0 aliphatic heterocycles. The monoisotopic (exact) mass is 304 g/mol. The number of nitrogens with zero attached hydrogens (tertiary/aromatic N) is 5. The molecule has 1 amide bonds. The number of hydrogen-bond donors (Lipinski definition) is 1. The third-order valence-electron chi connectivity index (χ3n) is 3.40. The Morgan fingerprint density at radius 1 is 1.00 bits per heavy atom. The highest BCUT2D eigenvalue weighted by Gasteiger charge is 2.12. The third kappa shape index (κ3) is 2.44. The summed E-state index contributed by atoms with van der Waals surface area (Å²) in [5.74, 6) is 0.299. The van der Waals surface area contributed by atoms with Crippen molar-refractivity contribution in [2.24, 2.45) is 0 Å². The number of fused-ring (bicyclic) bond motifs is 1. The summed E-state index contributed by atoms with van der Waals surface area (Å²) in [4.78, 5) is 16.6. The van der Waals surface area contributed by atoms with Crippen LogP contribution in [-0.4, -0.2) is 30.3 Å².